The molecule has 0 aromatic carbocycles. The van der Waals surface area contributed by atoms with Gasteiger partial charge in [0.1, 0.15) is 9.16 Å². The second kappa shape index (κ2) is 5.19. The van der Waals surface area contributed by atoms with Gasteiger partial charge in [0.2, 0.25) is 0 Å². The van der Waals surface area contributed by atoms with Gasteiger partial charge in [0.15, 0.2) is 0 Å². The Balaban J connectivity index is 3.05. The second-order valence-electron chi connectivity index (χ2n) is 2.57. The lowest BCUT2D eigenvalue weighted by molar-refractivity contribution is 0.472. The third-order valence-electron chi connectivity index (χ3n) is 1.87. The Labute approximate surface area is 97.3 Å². The van der Waals surface area contributed by atoms with Crippen LogP contribution in [0.25, 0.3) is 0 Å². The highest BCUT2D eigenvalue weighted by molar-refractivity contribution is 8.32. The molecular formula is C9H13NOS3. The van der Waals surface area contributed by atoms with Crippen molar-refractivity contribution in [1.29, 1.82) is 0 Å². The lowest BCUT2D eigenvalue weighted by Crippen LogP contribution is -2.12. The first-order chi connectivity index (χ1) is 6.68. The van der Waals surface area contributed by atoms with E-state index in [0.29, 0.717) is 0 Å². The summed E-state index contributed by atoms with van der Waals surface area (Å²) in [5, 5.41) is 9.16. The number of thioether (sulfide) groups is 3. The van der Waals surface area contributed by atoms with Crippen molar-refractivity contribution in [3.8, 4) is 5.75 Å². The van der Waals surface area contributed by atoms with Gasteiger partial charge in [-0.1, -0.05) is 0 Å². The molecule has 5 heteroatoms. The zero-order valence-electron chi connectivity index (χ0n) is 8.35. The van der Waals surface area contributed by atoms with E-state index in [1.54, 1.807) is 41.4 Å². The number of hydrogen-bond acceptors (Lipinski definition) is 5. The lowest BCUT2D eigenvalue weighted by atomic mass is 10.4. The largest absolute Gasteiger partial charge is 0.506 e. The number of hydrogen-bond donors (Lipinski definition) is 1. The van der Waals surface area contributed by atoms with Crippen LogP contribution in [0.4, 0.5) is 0 Å². The molecular weight excluding hydrogens is 234 g/mol. The molecule has 0 atom stereocenters. The second-order valence-corrected chi connectivity index (χ2v) is 6.41. The monoisotopic (exact) mass is 247 g/mol. The van der Waals surface area contributed by atoms with E-state index in [4.69, 9.17) is 5.11 Å². The van der Waals surface area contributed by atoms with E-state index in [1.165, 1.54) is 6.20 Å². The van der Waals surface area contributed by atoms with Crippen LogP contribution >= 0.6 is 35.3 Å². The van der Waals surface area contributed by atoms with Crippen LogP contribution in [0.15, 0.2) is 18.3 Å². The van der Waals surface area contributed by atoms with E-state index < -0.39 is 0 Å². The van der Waals surface area contributed by atoms with Crippen molar-refractivity contribution in [2.24, 2.45) is 0 Å². The fourth-order valence-electron chi connectivity index (χ4n) is 1.13. The van der Waals surface area contributed by atoms with Crippen molar-refractivity contribution >= 4 is 35.3 Å². The maximum atomic E-state index is 9.16. The maximum absolute atomic E-state index is 9.16. The molecule has 0 saturated carbocycles. The lowest BCUT2D eigenvalue weighted by Gasteiger charge is -2.27. The Morgan fingerprint density at radius 2 is 1.71 bits per heavy atom. The first kappa shape index (κ1) is 12.1. The average Bonchev–Trinajstić information content (AvgIpc) is 2.24. The van der Waals surface area contributed by atoms with Crippen LogP contribution in [-0.2, 0) is 3.41 Å². The molecule has 1 aromatic heterocycles. The van der Waals surface area contributed by atoms with E-state index in [2.05, 4.69) is 23.8 Å². The maximum Gasteiger partial charge on any atom is 0.148 e. The molecule has 0 spiro atoms. The first-order valence-corrected chi connectivity index (χ1v) is 7.67. The van der Waals surface area contributed by atoms with Gasteiger partial charge < -0.3 is 5.11 Å². The molecule has 0 fully saturated rings. The molecule has 0 aliphatic rings. The number of pyridine rings is 1. The number of nitrogens with zero attached hydrogens (tertiary/aromatic N) is 1. The molecule has 0 radical (unpaired) electrons. The van der Waals surface area contributed by atoms with Gasteiger partial charge in [0.05, 0.1) is 11.9 Å². The van der Waals surface area contributed by atoms with E-state index >= 15 is 0 Å². The fraction of sp³-hybridized carbons (Fsp3) is 0.444. The van der Waals surface area contributed by atoms with Crippen molar-refractivity contribution < 1.29 is 5.11 Å². The zero-order valence-corrected chi connectivity index (χ0v) is 10.8. The Bertz CT molecular complexity index is 276. The van der Waals surface area contributed by atoms with Crippen LogP contribution in [0.3, 0.4) is 0 Å². The van der Waals surface area contributed by atoms with Crippen molar-refractivity contribution in [3.05, 3.63) is 24.0 Å². The summed E-state index contributed by atoms with van der Waals surface area (Å²) in [4.78, 5) is 4.25. The van der Waals surface area contributed by atoms with Crippen molar-refractivity contribution in [2.45, 2.75) is 3.41 Å². The van der Waals surface area contributed by atoms with Crippen molar-refractivity contribution in [2.75, 3.05) is 18.8 Å². The van der Waals surface area contributed by atoms with E-state index in [9.17, 15) is 0 Å². The summed E-state index contributed by atoms with van der Waals surface area (Å²) in [6.45, 7) is 0. The van der Waals surface area contributed by atoms with Crippen molar-refractivity contribution in [3.63, 3.8) is 0 Å². The number of aromatic hydroxyl groups is 1. The Morgan fingerprint density at radius 3 is 2.07 bits per heavy atom. The molecule has 2 nitrogen and oxygen atoms in total. The van der Waals surface area contributed by atoms with Crippen molar-refractivity contribution in [1.82, 2.24) is 4.98 Å². The highest BCUT2D eigenvalue weighted by Gasteiger charge is 2.30. The molecule has 0 bridgehead atoms. The van der Waals surface area contributed by atoms with Crippen LogP contribution in [0, 0.1) is 0 Å². The van der Waals surface area contributed by atoms with Gasteiger partial charge in [-0.15, -0.1) is 35.3 Å². The van der Waals surface area contributed by atoms with Gasteiger partial charge in [0.25, 0.3) is 0 Å². The molecule has 1 aromatic rings. The third-order valence-corrected chi connectivity index (χ3v) is 7.11. The number of rotatable bonds is 4. The molecule has 0 amide bonds. The topological polar surface area (TPSA) is 33.1 Å². The molecule has 1 rings (SSSR count). The molecule has 0 saturated heterocycles. The van der Waals surface area contributed by atoms with E-state index in [0.717, 1.165) is 5.69 Å². The van der Waals surface area contributed by atoms with Gasteiger partial charge in [-0.3, -0.25) is 4.98 Å². The summed E-state index contributed by atoms with van der Waals surface area (Å²) < 4.78 is -0.0618. The minimum Gasteiger partial charge on any atom is -0.506 e. The molecule has 1 N–H and O–H groups in total. The van der Waals surface area contributed by atoms with Crippen LogP contribution in [0.1, 0.15) is 5.69 Å². The third kappa shape index (κ3) is 2.32. The van der Waals surface area contributed by atoms with Crippen LogP contribution in [0.5, 0.6) is 5.75 Å². The predicted octanol–water partition coefficient (Wildman–Crippen LogP) is 2.99. The first-order valence-electron chi connectivity index (χ1n) is 3.99. The smallest absolute Gasteiger partial charge is 0.148 e. The Morgan fingerprint density at radius 1 is 1.14 bits per heavy atom. The summed E-state index contributed by atoms with van der Waals surface area (Å²) in [6, 6.07) is 3.55. The standard InChI is InChI=1S/C9H13NOS3/c1-12-9(13-2,14-3)8-5-4-7(11)6-10-8/h4-6,11H,1-3H3. The van der Waals surface area contributed by atoms with E-state index in [1.807, 2.05) is 6.07 Å². The molecule has 0 aliphatic carbocycles. The molecule has 1 heterocycles. The normalized spacial score (nSPS) is 11.6. The highest BCUT2D eigenvalue weighted by atomic mass is 32.3. The minimum atomic E-state index is -0.0618. The predicted molar refractivity (Wildman–Crippen MR) is 68.1 cm³/mol. The van der Waals surface area contributed by atoms with E-state index in [-0.39, 0.29) is 9.16 Å². The van der Waals surface area contributed by atoms with Crippen LogP contribution in [-0.4, -0.2) is 28.9 Å². The van der Waals surface area contributed by atoms with Gasteiger partial charge in [-0.2, -0.15) is 0 Å². The van der Waals surface area contributed by atoms with Gasteiger partial charge in [-0.05, 0) is 30.9 Å². The van der Waals surface area contributed by atoms with Gasteiger partial charge in [-0.25, -0.2) is 0 Å². The number of aromatic nitrogens is 1. The summed E-state index contributed by atoms with van der Waals surface area (Å²) in [5.41, 5.74) is 0.989. The molecule has 0 unspecified atom stereocenters. The van der Waals surface area contributed by atoms with Gasteiger partial charge in [0, 0.05) is 0 Å². The quantitative estimate of drug-likeness (QED) is 0.827. The summed E-state index contributed by atoms with van der Waals surface area (Å²) in [5.74, 6) is 0.214. The summed E-state index contributed by atoms with van der Waals surface area (Å²) in [7, 11) is 0. The van der Waals surface area contributed by atoms with Gasteiger partial charge >= 0.3 is 0 Å². The molecule has 0 aliphatic heterocycles. The highest BCUT2D eigenvalue weighted by Crippen LogP contribution is 2.51. The zero-order chi connectivity index (χ0) is 10.6. The summed E-state index contributed by atoms with van der Waals surface area (Å²) >= 11 is 5.27. The average molecular weight is 247 g/mol. The van der Waals surface area contributed by atoms with Crippen LogP contribution in [0.2, 0.25) is 0 Å². The molecule has 14 heavy (non-hydrogen) atoms. The molecule has 78 valence electrons. The Kier molecular flexibility index (Phi) is 4.47. The fourth-order valence-corrected chi connectivity index (χ4v) is 4.12. The Hall–Kier alpha value is -0.000000000000000222. The SMILES string of the molecule is CSC(SC)(SC)c1ccc(O)cn1. The minimum absolute atomic E-state index is 0.0618. The van der Waals surface area contributed by atoms with Crippen LogP contribution < -0.4 is 0 Å². The summed E-state index contributed by atoms with van der Waals surface area (Å²) in [6.07, 6.45) is 7.71.